The molecule has 0 aromatic heterocycles. The lowest BCUT2D eigenvalue weighted by Gasteiger charge is -2.33. The predicted molar refractivity (Wildman–Crippen MR) is 124 cm³/mol. The highest BCUT2D eigenvalue weighted by atomic mass is 32.2. The second-order valence-electron chi connectivity index (χ2n) is 9.88. The lowest BCUT2D eigenvalue weighted by Crippen LogP contribution is -2.45. The highest BCUT2D eigenvalue weighted by Gasteiger charge is 2.27. The SMILES string of the molecule is Cc1ccc(CN(c2ccc(C(=O)NC(C)(C)CC(C)(C)C)cc2)S(C)(=O)=O)cc1. The molecule has 0 spiro atoms. The number of nitrogens with one attached hydrogen (secondary N) is 1. The molecule has 0 heterocycles. The Bertz CT molecular complexity index is 971. The molecule has 0 aliphatic carbocycles. The van der Waals surface area contributed by atoms with E-state index in [1.807, 2.05) is 45.0 Å². The summed E-state index contributed by atoms with van der Waals surface area (Å²) in [6.07, 6.45) is 2.03. The molecule has 5 nitrogen and oxygen atoms in total. The first kappa shape index (κ1) is 23.9. The van der Waals surface area contributed by atoms with E-state index in [9.17, 15) is 13.2 Å². The Kier molecular flexibility index (Phi) is 7.02. The van der Waals surface area contributed by atoms with Crippen LogP contribution in [0.4, 0.5) is 5.69 Å². The molecule has 0 radical (unpaired) electrons. The van der Waals surface area contributed by atoms with Crippen molar-refractivity contribution < 1.29 is 13.2 Å². The number of hydrogen-bond donors (Lipinski definition) is 1. The number of hydrogen-bond acceptors (Lipinski definition) is 3. The lowest BCUT2D eigenvalue weighted by atomic mass is 9.81. The van der Waals surface area contributed by atoms with Gasteiger partial charge in [0.05, 0.1) is 18.5 Å². The van der Waals surface area contributed by atoms with Crippen LogP contribution in [0, 0.1) is 12.3 Å². The van der Waals surface area contributed by atoms with E-state index in [-0.39, 0.29) is 23.4 Å². The van der Waals surface area contributed by atoms with Gasteiger partial charge in [-0.25, -0.2) is 8.42 Å². The molecular formula is C24H34N2O3S. The number of sulfonamides is 1. The maximum Gasteiger partial charge on any atom is 0.251 e. The van der Waals surface area contributed by atoms with Gasteiger partial charge in [-0.3, -0.25) is 9.10 Å². The summed E-state index contributed by atoms with van der Waals surface area (Å²) in [5, 5.41) is 3.08. The predicted octanol–water partition coefficient (Wildman–Crippen LogP) is 4.91. The Labute approximate surface area is 181 Å². The second-order valence-corrected chi connectivity index (χ2v) is 11.8. The summed E-state index contributed by atoms with van der Waals surface area (Å²) in [6, 6.07) is 14.5. The highest BCUT2D eigenvalue weighted by Crippen LogP contribution is 2.27. The zero-order valence-electron chi connectivity index (χ0n) is 19.1. The third kappa shape index (κ3) is 7.17. The summed E-state index contributed by atoms with van der Waals surface area (Å²) in [5.41, 5.74) is 2.80. The Morgan fingerprint density at radius 2 is 1.47 bits per heavy atom. The molecule has 6 heteroatoms. The summed E-state index contributed by atoms with van der Waals surface area (Å²) < 4.78 is 26.1. The minimum absolute atomic E-state index is 0.0899. The van der Waals surface area contributed by atoms with Crippen molar-refractivity contribution in [3.05, 3.63) is 65.2 Å². The number of benzene rings is 2. The monoisotopic (exact) mass is 430 g/mol. The van der Waals surface area contributed by atoms with E-state index in [2.05, 4.69) is 26.1 Å². The molecule has 0 fully saturated rings. The number of rotatable bonds is 7. The molecule has 0 unspecified atom stereocenters. The van der Waals surface area contributed by atoms with Crippen LogP contribution in [-0.2, 0) is 16.6 Å². The van der Waals surface area contributed by atoms with E-state index in [4.69, 9.17) is 0 Å². The molecule has 2 aromatic rings. The maximum atomic E-state index is 12.7. The third-order valence-electron chi connectivity index (χ3n) is 4.69. The Morgan fingerprint density at radius 1 is 0.933 bits per heavy atom. The molecule has 0 aliphatic rings. The summed E-state index contributed by atoms with van der Waals surface area (Å²) >= 11 is 0. The van der Waals surface area contributed by atoms with Gasteiger partial charge in [0, 0.05) is 11.1 Å². The first-order valence-electron chi connectivity index (χ1n) is 10.1. The van der Waals surface area contributed by atoms with E-state index in [1.54, 1.807) is 24.3 Å². The van der Waals surface area contributed by atoms with Crippen LogP contribution in [0.2, 0.25) is 0 Å². The summed E-state index contributed by atoms with van der Waals surface area (Å²) in [4.78, 5) is 12.7. The zero-order chi connectivity index (χ0) is 22.7. The zero-order valence-corrected chi connectivity index (χ0v) is 19.9. The summed E-state index contributed by atoms with van der Waals surface area (Å²) in [5.74, 6) is -0.166. The molecular weight excluding hydrogens is 396 g/mol. The normalized spacial score (nSPS) is 12.5. The average molecular weight is 431 g/mol. The van der Waals surface area contributed by atoms with Crippen molar-refractivity contribution in [2.45, 2.75) is 60.0 Å². The number of nitrogens with zero attached hydrogens (tertiary/aromatic N) is 1. The van der Waals surface area contributed by atoms with Crippen LogP contribution in [0.1, 0.15) is 62.5 Å². The van der Waals surface area contributed by atoms with E-state index >= 15 is 0 Å². The molecule has 0 bridgehead atoms. The summed E-state index contributed by atoms with van der Waals surface area (Å²) in [7, 11) is -3.48. The number of carbonyl (C=O) groups is 1. The van der Waals surface area contributed by atoms with Crippen LogP contribution in [0.5, 0.6) is 0 Å². The number of amides is 1. The van der Waals surface area contributed by atoms with Gasteiger partial charge in [-0.05, 0) is 62.4 Å². The lowest BCUT2D eigenvalue weighted by molar-refractivity contribution is 0.0891. The van der Waals surface area contributed by atoms with Crippen molar-refractivity contribution in [2.75, 3.05) is 10.6 Å². The van der Waals surface area contributed by atoms with E-state index in [0.717, 1.165) is 17.5 Å². The maximum absolute atomic E-state index is 12.7. The van der Waals surface area contributed by atoms with Crippen LogP contribution in [0.15, 0.2) is 48.5 Å². The van der Waals surface area contributed by atoms with Gasteiger partial charge in [0.15, 0.2) is 0 Å². The van der Waals surface area contributed by atoms with Crippen LogP contribution in [-0.4, -0.2) is 26.1 Å². The number of carbonyl (C=O) groups excluding carboxylic acids is 1. The molecule has 0 aliphatic heterocycles. The Balaban J connectivity index is 2.20. The molecule has 0 atom stereocenters. The minimum atomic E-state index is -3.48. The van der Waals surface area contributed by atoms with Crippen LogP contribution >= 0.6 is 0 Å². The molecule has 30 heavy (non-hydrogen) atoms. The van der Waals surface area contributed by atoms with Crippen molar-refractivity contribution in [3.63, 3.8) is 0 Å². The number of aryl methyl sites for hydroxylation is 1. The largest absolute Gasteiger partial charge is 0.347 e. The quantitative estimate of drug-likeness (QED) is 0.679. The van der Waals surface area contributed by atoms with E-state index < -0.39 is 10.0 Å². The fourth-order valence-corrected chi connectivity index (χ4v) is 4.68. The van der Waals surface area contributed by atoms with E-state index in [0.29, 0.717) is 11.3 Å². The topological polar surface area (TPSA) is 66.5 Å². The van der Waals surface area contributed by atoms with Gasteiger partial charge >= 0.3 is 0 Å². The van der Waals surface area contributed by atoms with Crippen LogP contribution < -0.4 is 9.62 Å². The highest BCUT2D eigenvalue weighted by molar-refractivity contribution is 7.92. The van der Waals surface area contributed by atoms with Gasteiger partial charge < -0.3 is 5.32 Å². The first-order valence-corrected chi connectivity index (χ1v) is 12.0. The molecule has 1 N–H and O–H groups in total. The van der Waals surface area contributed by atoms with Gasteiger partial charge in [-0.15, -0.1) is 0 Å². The summed E-state index contributed by atoms with van der Waals surface area (Å²) in [6.45, 7) is 12.7. The van der Waals surface area contributed by atoms with Crippen LogP contribution in [0.25, 0.3) is 0 Å². The molecule has 0 saturated heterocycles. The van der Waals surface area contributed by atoms with Crippen LogP contribution in [0.3, 0.4) is 0 Å². The molecule has 2 rings (SSSR count). The molecule has 2 aromatic carbocycles. The minimum Gasteiger partial charge on any atom is -0.347 e. The van der Waals surface area contributed by atoms with Crippen molar-refractivity contribution in [2.24, 2.45) is 5.41 Å². The fraction of sp³-hybridized carbons (Fsp3) is 0.458. The first-order chi connectivity index (χ1) is 13.7. The number of anilines is 1. The standard InChI is InChI=1S/C24H34N2O3S/c1-18-8-10-19(11-9-18)16-26(30(7,28)29)21-14-12-20(13-15-21)22(27)25-24(5,6)17-23(2,3)4/h8-15H,16-17H2,1-7H3,(H,25,27). The fourth-order valence-electron chi connectivity index (χ4n) is 3.79. The van der Waals surface area contributed by atoms with E-state index in [1.165, 1.54) is 10.6 Å². The van der Waals surface area contributed by atoms with Gasteiger partial charge in [-0.2, -0.15) is 0 Å². The smallest absolute Gasteiger partial charge is 0.251 e. The van der Waals surface area contributed by atoms with Crippen molar-refractivity contribution in [1.82, 2.24) is 5.32 Å². The van der Waals surface area contributed by atoms with Gasteiger partial charge in [-0.1, -0.05) is 50.6 Å². The van der Waals surface area contributed by atoms with Gasteiger partial charge in [0.25, 0.3) is 5.91 Å². The Morgan fingerprint density at radius 3 is 1.93 bits per heavy atom. The third-order valence-corrected chi connectivity index (χ3v) is 5.83. The van der Waals surface area contributed by atoms with Gasteiger partial charge in [0.2, 0.25) is 10.0 Å². The average Bonchev–Trinajstić information content (AvgIpc) is 2.57. The second kappa shape index (κ2) is 8.80. The van der Waals surface area contributed by atoms with Crippen molar-refractivity contribution in [3.8, 4) is 0 Å². The Hall–Kier alpha value is -2.34. The van der Waals surface area contributed by atoms with Crippen molar-refractivity contribution in [1.29, 1.82) is 0 Å². The molecule has 164 valence electrons. The van der Waals surface area contributed by atoms with Crippen molar-refractivity contribution >= 4 is 21.6 Å². The molecule has 0 saturated carbocycles. The molecule has 1 amide bonds. The van der Waals surface area contributed by atoms with Gasteiger partial charge in [0.1, 0.15) is 0 Å².